The van der Waals surface area contributed by atoms with E-state index in [-0.39, 0.29) is 10.5 Å². The molecule has 0 aromatic heterocycles. The quantitative estimate of drug-likeness (QED) is 0.697. The molecule has 0 radical (unpaired) electrons. The summed E-state index contributed by atoms with van der Waals surface area (Å²) in [5.41, 5.74) is 1.24. The van der Waals surface area contributed by atoms with Crippen LogP contribution in [0.5, 0.6) is 11.5 Å². The molecule has 1 aromatic carbocycles. The molecule has 0 aliphatic heterocycles. The molecule has 0 bridgehead atoms. The van der Waals surface area contributed by atoms with Crippen LogP contribution in [0.15, 0.2) is 18.2 Å². The fraction of sp³-hybridized carbons (Fsp3) is 0.647. The Morgan fingerprint density at radius 2 is 1.50 bits per heavy atom. The van der Waals surface area contributed by atoms with Crippen molar-refractivity contribution in [2.24, 2.45) is 0 Å². The van der Waals surface area contributed by atoms with Crippen molar-refractivity contribution in [2.75, 3.05) is 7.11 Å². The summed E-state index contributed by atoms with van der Waals surface area (Å²) in [5, 5.41) is 0.197. The Hall–Kier alpha value is -0.963. The van der Waals surface area contributed by atoms with Gasteiger partial charge in [-0.25, -0.2) is 0 Å². The van der Waals surface area contributed by atoms with Gasteiger partial charge >= 0.3 is 0 Å². The highest BCUT2D eigenvalue weighted by Gasteiger charge is 2.39. The Morgan fingerprint density at radius 3 is 1.90 bits per heavy atom. The van der Waals surface area contributed by atoms with Crippen LogP contribution >= 0.6 is 0 Å². The average Bonchev–Trinajstić information content (AvgIpc) is 2.26. The first-order valence-electron chi connectivity index (χ1n) is 7.26. The molecule has 1 aromatic rings. The minimum Gasteiger partial charge on any atom is -0.543 e. The first-order valence-corrected chi connectivity index (χ1v) is 10.2. The third kappa shape index (κ3) is 3.78. The zero-order valence-corrected chi connectivity index (χ0v) is 15.5. The van der Waals surface area contributed by atoms with Crippen molar-refractivity contribution in [1.82, 2.24) is 0 Å². The summed E-state index contributed by atoms with van der Waals surface area (Å²) < 4.78 is 11.9. The molecule has 0 atom stereocenters. The fourth-order valence-electron chi connectivity index (χ4n) is 1.74. The summed E-state index contributed by atoms with van der Waals surface area (Å²) in [6, 6.07) is 6.14. The lowest BCUT2D eigenvalue weighted by molar-refractivity contribution is 0.409. The van der Waals surface area contributed by atoms with E-state index in [1.54, 1.807) is 7.11 Å². The van der Waals surface area contributed by atoms with Gasteiger partial charge in [0.05, 0.1) is 7.11 Å². The lowest BCUT2D eigenvalue weighted by Crippen LogP contribution is -2.44. The molecule has 2 nitrogen and oxygen atoms in total. The summed E-state index contributed by atoms with van der Waals surface area (Å²) >= 11 is 0. The number of ether oxygens (including phenoxy) is 1. The van der Waals surface area contributed by atoms with E-state index >= 15 is 0 Å². The molecule has 0 amide bonds. The summed E-state index contributed by atoms with van der Waals surface area (Å²) in [4.78, 5) is 0. The van der Waals surface area contributed by atoms with Crippen molar-refractivity contribution in [2.45, 2.75) is 65.1 Å². The van der Waals surface area contributed by atoms with Crippen LogP contribution in [0, 0.1) is 0 Å². The average molecular weight is 295 g/mol. The molecule has 20 heavy (non-hydrogen) atoms. The molecule has 0 aliphatic carbocycles. The third-order valence-corrected chi connectivity index (χ3v) is 8.51. The van der Waals surface area contributed by atoms with Gasteiger partial charge in [0.25, 0.3) is 0 Å². The van der Waals surface area contributed by atoms with Crippen molar-refractivity contribution in [3.63, 3.8) is 0 Å². The van der Waals surface area contributed by atoms with Gasteiger partial charge in [-0.05, 0) is 41.7 Å². The maximum atomic E-state index is 6.51. The number of benzene rings is 1. The van der Waals surface area contributed by atoms with Crippen LogP contribution in [0.2, 0.25) is 18.1 Å². The number of methoxy groups -OCH3 is 1. The molecule has 0 heterocycles. The highest BCUT2D eigenvalue weighted by molar-refractivity contribution is 6.74. The van der Waals surface area contributed by atoms with E-state index in [2.05, 4.69) is 66.8 Å². The molecular formula is C17H30O2Si. The van der Waals surface area contributed by atoms with Gasteiger partial charge in [0, 0.05) is 5.56 Å². The third-order valence-electron chi connectivity index (χ3n) is 4.17. The van der Waals surface area contributed by atoms with E-state index in [1.807, 2.05) is 6.07 Å². The summed E-state index contributed by atoms with van der Waals surface area (Å²) in [5.74, 6) is 1.89. The van der Waals surface area contributed by atoms with Crippen molar-refractivity contribution in [1.29, 1.82) is 0 Å². The van der Waals surface area contributed by atoms with Crippen LogP contribution in [0.4, 0.5) is 0 Å². The Morgan fingerprint density at radius 1 is 0.950 bits per heavy atom. The van der Waals surface area contributed by atoms with Crippen molar-refractivity contribution >= 4 is 8.32 Å². The van der Waals surface area contributed by atoms with Crippen molar-refractivity contribution < 1.29 is 9.16 Å². The van der Waals surface area contributed by atoms with E-state index in [1.165, 1.54) is 5.56 Å². The van der Waals surface area contributed by atoms with Crippen LogP contribution in [0.1, 0.15) is 47.1 Å². The minimum absolute atomic E-state index is 0.0340. The van der Waals surface area contributed by atoms with Gasteiger partial charge in [0.2, 0.25) is 8.32 Å². The Bertz CT molecular complexity index is 465. The standard InChI is InChI=1S/C17H30O2Si/c1-16(2,3)14-12-13(18-7)10-11-15(14)19-20(8,9)17(4,5)6/h10-12H,1-9H3. The highest BCUT2D eigenvalue weighted by Crippen LogP contribution is 2.41. The van der Waals surface area contributed by atoms with Crippen LogP contribution in [-0.2, 0) is 5.41 Å². The predicted molar refractivity (Wildman–Crippen MR) is 89.5 cm³/mol. The van der Waals surface area contributed by atoms with Crippen molar-refractivity contribution in [3.8, 4) is 11.5 Å². The highest BCUT2D eigenvalue weighted by atomic mass is 28.4. The monoisotopic (exact) mass is 294 g/mol. The van der Waals surface area contributed by atoms with Gasteiger partial charge in [-0.15, -0.1) is 0 Å². The largest absolute Gasteiger partial charge is 0.543 e. The number of hydrogen-bond donors (Lipinski definition) is 0. The van der Waals surface area contributed by atoms with Crippen LogP contribution in [0.3, 0.4) is 0 Å². The maximum absolute atomic E-state index is 6.51. The zero-order valence-electron chi connectivity index (χ0n) is 14.5. The van der Waals surface area contributed by atoms with Gasteiger partial charge in [-0.1, -0.05) is 41.5 Å². The van der Waals surface area contributed by atoms with E-state index in [9.17, 15) is 0 Å². The molecule has 3 heteroatoms. The topological polar surface area (TPSA) is 18.5 Å². The second-order valence-electron chi connectivity index (χ2n) is 7.97. The van der Waals surface area contributed by atoms with E-state index in [0.717, 1.165) is 11.5 Å². The molecule has 0 fully saturated rings. The molecule has 0 saturated carbocycles. The summed E-state index contributed by atoms with van der Waals surface area (Å²) in [6.45, 7) is 18.0. The Balaban J connectivity index is 3.26. The van der Waals surface area contributed by atoms with Gasteiger partial charge in [-0.2, -0.15) is 0 Å². The van der Waals surface area contributed by atoms with Crippen LogP contribution in [0.25, 0.3) is 0 Å². The van der Waals surface area contributed by atoms with Gasteiger partial charge < -0.3 is 9.16 Å². The van der Waals surface area contributed by atoms with Crippen molar-refractivity contribution in [3.05, 3.63) is 23.8 Å². The molecule has 114 valence electrons. The summed E-state index contributed by atoms with van der Waals surface area (Å²) in [7, 11) is -0.120. The minimum atomic E-state index is -1.82. The van der Waals surface area contributed by atoms with E-state index < -0.39 is 8.32 Å². The van der Waals surface area contributed by atoms with E-state index in [4.69, 9.17) is 9.16 Å². The molecule has 0 unspecified atom stereocenters. The van der Waals surface area contributed by atoms with Crippen LogP contribution in [-0.4, -0.2) is 15.4 Å². The molecule has 0 saturated heterocycles. The SMILES string of the molecule is COc1ccc(O[Si](C)(C)C(C)(C)C)c(C(C)(C)C)c1. The fourth-order valence-corrected chi connectivity index (χ4v) is 2.77. The van der Waals surface area contributed by atoms with Gasteiger partial charge in [0.15, 0.2) is 0 Å². The van der Waals surface area contributed by atoms with Gasteiger partial charge in [-0.3, -0.25) is 0 Å². The zero-order chi connectivity index (χ0) is 15.8. The first kappa shape index (κ1) is 17.1. The van der Waals surface area contributed by atoms with Gasteiger partial charge in [0.1, 0.15) is 11.5 Å². The summed E-state index contributed by atoms with van der Waals surface area (Å²) in [6.07, 6.45) is 0. The number of rotatable bonds is 3. The maximum Gasteiger partial charge on any atom is 0.250 e. The first-order chi connectivity index (χ1) is 8.88. The number of hydrogen-bond acceptors (Lipinski definition) is 2. The molecular weight excluding hydrogens is 264 g/mol. The molecule has 0 N–H and O–H groups in total. The van der Waals surface area contributed by atoms with E-state index in [0.29, 0.717) is 0 Å². The second kappa shape index (κ2) is 5.43. The molecule has 0 spiro atoms. The Labute approximate surface area is 125 Å². The molecule has 0 aliphatic rings. The Kier molecular flexibility index (Phi) is 4.64. The smallest absolute Gasteiger partial charge is 0.250 e. The predicted octanol–water partition coefficient (Wildman–Crippen LogP) is 5.38. The lowest BCUT2D eigenvalue weighted by atomic mass is 9.86. The normalized spacial score (nSPS) is 13.2. The lowest BCUT2D eigenvalue weighted by Gasteiger charge is -2.38. The van der Waals surface area contributed by atoms with Crippen LogP contribution < -0.4 is 9.16 Å². The second-order valence-corrected chi connectivity index (χ2v) is 12.7. The molecule has 1 rings (SSSR count).